The lowest BCUT2D eigenvalue weighted by atomic mass is 10.1. The molecule has 1 aliphatic rings. The van der Waals surface area contributed by atoms with Crippen molar-refractivity contribution < 1.29 is 8.42 Å². The number of hydrogen-bond acceptors (Lipinski definition) is 5. The van der Waals surface area contributed by atoms with Gasteiger partial charge in [-0.05, 0) is 19.9 Å². The monoisotopic (exact) mass is 301 g/mol. The Bertz CT molecular complexity index is 573. The van der Waals surface area contributed by atoms with Crippen LogP contribution in [0.15, 0.2) is 0 Å². The predicted octanol–water partition coefficient (Wildman–Crippen LogP) is -0.689. The number of aryl methyl sites for hydroxylation is 2. The lowest BCUT2D eigenvalue weighted by Crippen LogP contribution is -2.49. The first kappa shape index (κ1) is 15.3. The number of piperazine rings is 1. The molecule has 114 valence electrons. The van der Waals surface area contributed by atoms with E-state index in [1.54, 1.807) is 0 Å². The summed E-state index contributed by atoms with van der Waals surface area (Å²) in [6, 6.07) is 0. The van der Waals surface area contributed by atoms with Crippen LogP contribution in [0, 0.1) is 6.92 Å². The summed E-state index contributed by atoms with van der Waals surface area (Å²) >= 11 is 0. The highest BCUT2D eigenvalue weighted by atomic mass is 32.2. The van der Waals surface area contributed by atoms with Crippen molar-refractivity contribution in [2.24, 2.45) is 12.8 Å². The number of hydrogen-bond donors (Lipinski definition) is 1. The van der Waals surface area contributed by atoms with E-state index in [1.807, 2.05) is 18.7 Å². The van der Waals surface area contributed by atoms with Crippen LogP contribution in [0.2, 0.25) is 0 Å². The van der Waals surface area contributed by atoms with E-state index in [0.717, 1.165) is 17.9 Å². The molecule has 2 N–H and O–H groups in total. The van der Waals surface area contributed by atoms with Gasteiger partial charge in [0, 0.05) is 38.8 Å². The van der Waals surface area contributed by atoms with Gasteiger partial charge in [-0.1, -0.05) is 0 Å². The second kappa shape index (κ2) is 5.71. The molecule has 0 aliphatic carbocycles. The number of rotatable bonds is 4. The average Bonchev–Trinajstić information content (AvgIpc) is 2.64. The maximum atomic E-state index is 11.5. The van der Waals surface area contributed by atoms with Gasteiger partial charge in [-0.3, -0.25) is 4.68 Å². The van der Waals surface area contributed by atoms with E-state index in [1.165, 1.54) is 16.1 Å². The third-order valence-electron chi connectivity index (χ3n) is 3.71. The Morgan fingerprint density at radius 2 is 1.85 bits per heavy atom. The maximum absolute atomic E-state index is 11.5. The van der Waals surface area contributed by atoms with Crippen molar-refractivity contribution in [2.45, 2.75) is 13.3 Å². The highest BCUT2D eigenvalue weighted by molar-refractivity contribution is 7.88. The average molecular weight is 301 g/mol. The molecule has 0 radical (unpaired) electrons. The van der Waals surface area contributed by atoms with Crippen LogP contribution in [0.1, 0.15) is 11.3 Å². The fourth-order valence-electron chi connectivity index (χ4n) is 2.75. The Morgan fingerprint density at radius 3 is 2.35 bits per heavy atom. The Kier molecular flexibility index (Phi) is 4.36. The van der Waals surface area contributed by atoms with Gasteiger partial charge in [0.1, 0.15) is 5.82 Å². The highest BCUT2D eigenvalue weighted by Crippen LogP contribution is 2.25. The molecule has 7 nitrogen and oxygen atoms in total. The highest BCUT2D eigenvalue weighted by Gasteiger charge is 2.26. The van der Waals surface area contributed by atoms with Crippen LogP contribution in [-0.2, 0) is 23.5 Å². The molecule has 20 heavy (non-hydrogen) atoms. The molecule has 0 aromatic carbocycles. The van der Waals surface area contributed by atoms with Gasteiger partial charge in [0.15, 0.2) is 0 Å². The molecule has 1 aromatic heterocycles. The van der Waals surface area contributed by atoms with Crippen LogP contribution in [0.5, 0.6) is 0 Å². The molecule has 1 saturated heterocycles. The number of anilines is 1. The number of sulfonamides is 1. The molecule has 2 heterocycles. The van der Waals surface area contributed by atoms with Crippen molar-refractivity contribution in [3.63, 3.8) is 0 Å². The van der Waals surface area contributed by atoms with E-state index in [2.05, 4.69) is 10.00 Å². The van der Waals surface area contributed by atoms with Gasteiger partial charge in [0.2, 0.25) is 10.0 Å². The zero-order valence-electron chi connectivity index (χ0n) is 12.3. The predicted molar refractivity (Wildman–Crippen MR) is 79.3 cm³/mol. The Balaban J connectivity index is 2.19. The van der Waals surface area contributed by atoms with E-state index in [-0.39, 0.29) is 0 Å². The minimum Gasteiger partial charge on any atom is -0.354 e. The van der Waals surface area contributed by atoms with E-state index < -0.39 is 10.0 Å². The fraction of sp³-hybridized carbons (Fsp3) is 0.750. The molecular formula is C12H23N5O2S. The van der Waals surface area contributed by atoms with Crippen LogP contribution < -0.4 is 10.6 Å². The molecule has 0 saturated carbocycles. The third kappa shape index (κ3) is 2.97. The van der Waals surface area contributed by atoms with Crippen molar-refractivity contribution in [1.82, 2.24) is 14.1 Å². The molecular weight excluding hydrogens is 278 g/mol. The summed E-state index contributed by atoms with van der Waals surface area (Å²) in [5, 5.41) is 4.46. The second-order valence-corrected chi connectivity index (χ2v) is 7.18. The van der Waals surface area contributed by atoms with Gasteiger partial charge in [-0.2, -0.15) is 9.40 Å². The van der Waals surface area contributed by atoms with Gasteiger partial charge in [0.05, 0.1) is 11.9 Å². The SMILES string of the molecule is Cc1nn(C)c(N2CCN(S(C)(=O)=O)CC2)c1CCN. The standard InChI is InChI=1S/C12H23N5O2S/c1-10-11(4-5-13)12(15(2)14-10)16-6-8-17(9-7-16)20(3,18)19/h4-9,13H2,1-3H3. The molecule has 8 heteroatoms. The zero-order chi connectivity index (χ0) is 14.9. The zero-order valence-corrected chi connectivity index (χ0v) is 13.2. The first-order valence-electron chi connectivity index (χ1n) is 6.77. The molecule has 1 fully saturated rings. The Hall–Kier alpha value is -1.12. The van der Waals surface area contributed by atoms with E-state index in [0.29, 0.717) is 32.7 Å². The fourth-order valence-corrected chi connectivity index (χ4v) is 3.58. The summed E-state index contributed by atoms with van der Waals surface area (Å²) < 4.78 is 26.5. The van der Waals surface area contributed by atoms with Crippen LogP contribution in [0.25, 0.3) is 0 Å². The molecule has 2 rings (SSSR count). The van der Waals surface area contributed by atoms with Crippen LogP contribution in [-0.4, -0.2) is 61.5 Å². The van der Waals surface area contributed by atoms with Crippen molar-refractivity contribution >= 4 is 15.8 Å². The van der Waals surface area contributed by atoms with Crippen molar-refractivity contribution in [3.05, 3.63) is 11.3 Å². The summed E-state index contributed by atoms with van der Waals surface area (Å²) in [7, 11) is -1.17. The number of nitrogens with zero attached hydrogens (tertiary/aromatic N) is 4. The topological polar surface area (TPSA) is 84.5 Å². The summed E-state index contributed by atoms with van der Waals surface area (Å²) in [5.41, 5.74) is 7.84. The second-order valence-electron chi connectivity index (χ2n) is 5.20. The van der Waals surface area contributed by atoms with Gasteiger partial charge in [-0.25, -0.2) is 8.42 Å². The summed E-state index contributed by atoms with van der Waals surface area (Å²) in [6.07, 6.45) is 2.05. The Morgan fingerprint density at radius 1 is 1.25 bits per heavy atom. The van der Waals surface area contributed by atoms with Gasteiger partial charge in [-0.15, -0.1) is 0 Å². The molecule has 1 aromatic rings. The molecule has 1 aliphatic heterocycles. The minimum atomic E-state index is -3.09. The summed E-state index contributed by atoms with van der Waals surface area (Å²) in [4.78, 5) is 2.20. The summed E-state index contributed by atoms with van der Waals surface area (Å²) in [5.74, 6) is 1.07. The molecule has 0 unspecified atom stereocenters. The van der Waals surface area contributed by atoms with Gasteiger partial charge < -0.3 is 10.6 Å². The molecule has 0 atom stereocenters. The summed E-state index contributed by atoms with van der Waals surface area (Å²) in [6.45, 7) is 4.98. The molecule has 0 amide bonds. The Labute approximate surface area is 120 Å². The normalized spacial score (nSPS) is 17.7. The molecule has 0 bridgehead atoms. The lowest BCUT2D eigenvalue weighted by Gasteiger charge is -2.35. The largest absolute Gasteiger partial charge is 0.354 e. The van der Waals surface area contributed by atoms with E-state index in [4.69, 9.17) is 5.73 Å². The minimum absolute atomic E-state index is 0.519. The molecule has 0 spiro atoms. The first-order valence-corrected chi connectivity index (χ1v) is 8.62. The number of aromatic nitrogens is 2. The van der Waals surface area contributed by atoms with E-state index in [9.17, 15) is 8.42 Å². The number of nitrogens with two attached hydrogens (primary N) is 1. The third-order valence-corrected chi connectivity index (χ3v) is 5.02. The first-order chi connectivity index (χ1) is 9.34. The van der Waals surface area contributed by atoms with E-state index >= 15 is 0 Å². The van der Waals surface area contributed by atoms with Gasteiger partial charge >= 0.3 is 0 Å². The van der Waals surface area contributed by atoms with Crippen LogP contribution >= 0.6 is 0 Å². The van der Waals surface area contributed by atoms with Crippen LogP contribution in [0.4, 0.5) is 5.82 Å². The van der Waals surface area contributed by atoms with Crippen LogP contribution in [0.3, 0.4) is 0 Å². The quantitative estimate of drug-likeness (QED) is 0.796. The van der Waals surface area contributed by atoms with Gasteiger partial charge in [0.25, 0.3) is 0 Å². The van der Waals surface area contributed by atoms with Crippen molar-refractivity contribution in [2.75, 3.05) is 43.9 Å². The van der Waals surface area contributed by atoms with Crippen molar-refractivity contribution in [3.8, 4) is 0 Å². The smallest absolute Gasteiger partial charge is 0.211 e. The maximum Gasteiger partial charge on any atom is 0.211 e. The lowest BCUT2D eigenvalue weighted by molar-refractivity contribution is 0.385. The van der Waals surface area contributed by atoms with Crippen molar-refractivity contribution in [1.29, 1.82) is 0 Å².